The van der Waals surface area contributed by atoms with Crippen molar-refractivity contribution in [2.45, 2.75) is 32.7 Å². The Bertz CT molecular complexity index is 488. The third kappa shape index (κ3) is 5.55. The molecule has 0 aliphatic heterocycles. The van der Waals surface area contributed by atoms with Crippen LogP contribution in [0.2, 0.25) is 0 Å². The second-order valence-electron chi connectivity index (χ2n) is 5.13. The van der Waals surface area contributed by atoms with E-state index in [0.29, 0.717) is 37.3 Å². The second-order valence-corrected chi connectivity index (χ2v) is 5.13. The van der Waals surface area contributed by atoms with Crippen molar-refractivity contribution in [2.24, 2.45) is 5.73 Å². The average molecular weight is 292 g/mol. The van der Waals surface area contributed by atoms with Gasteiger partial charge in [0.05, 0.1) is 6.61 Å². The van der Waals surface area contributed by atoms with Crippen LogP contribution in [0.15, 0.2) is 24.3 Å². The molecule has 1 aromatic carbocycles. The Hall–Kier alpha value is -1.88. The van der Waals surface area contributed by atoms with Crippen LogP contribution in [0, 0.1) is 0 Å². The Kier molecular flexibility index (Phi) is 6.88. The molecule has 1 atom stereocenters. The second kappa shape index (κ2) is 8.42. The molecule has 0 aliphatic carbocycles. The monoisotopic (exact) mass is 292 g/mol. The highest BCUT2D eigenvalue weighted by Gasteiger charge is 2.13. The molecule has 0 heterocycles. The van der Waals surface area contributed by atoms with Crippen LogP contribution in [0.25, 0.3) is 0 Å². The van der Waals surface area contributed by atoms with Gasteiger partial charge in [0.1, 0.15) is 5.75 Å². The SMILES string of the molecule is CC(=O)c1cccc(OCCCC(=O)N(C)C(C)CN)c1. The molecule has 0 aliphatic rings. The first-order valence-corrected chi connectivity index (χ1v) is 7.15. The fourth-order valence-corrected chi connectivity index (χ4v) is 1.80. The molecule has 0 bridgehead atoms. The van der Waals surface area contributed by atoms with Crippen LogP contribution in [0.4, 0.5) is 0 Å². The first kappa shape index (κ1) is 17.2. The number of likely N-dealkylation sites (N-methyl/N-ethyl adjacent to an activating group) is 1. The summed E-state index contributed by atoms with van der Waals surface area (Å²) in [7, 11) is 1.76. The zero-order valence-electron chi connectivity index (χ0n) is 13.0. The molecule has 1 rings (SSSR count). The number of nitrogens with two attached hydrogens (primary N) is 1. The number of Topliss-reactive ketones (excluding diaryl/α,β-unsaturated/α-hetero) is 1. The third-order valence-corrected chi connectivity index (χ3v) is 3.44. The summed E-state index contributed by atoms with van der Waals surface area (Å²) in [5.74, 6) is 0.723. The molecule has 2 N–H and O–H groups in total. The molecule has 0 saturated carbocycles. The van der Waals surface area contributed by atoms with Crippen molar-refractivity contribution >= 4 is 11.7 Å². The molecular formula is C16H24N2O3. The molecule has 1 aromatic rings. The fourth-order valence-electron chi connectivity index (χ4n) is 1.80. The maximum absolute atomic E-state index is 11.9. The van der Waals surface area contributed by atoms with Crippen LogP contribution in [-0.2, 0) is 4.79 Å². The molecule has 5 heteroatoms. The lowest BCUT2D eigenvalue weighted by molar-refractivity contribution is -0.131. The topological polar surface area (TPSA) is 72.6 Å². The van der Waals surface area contributed by atoms with Gasteiger partial charge in [-0.2, -0.15) is 0 Å². The van der Waals surface area contributed by atoms with Crippen molar-refractivity contribution in [3.05, 3.63) is 29.8 Å². The first-order chi connectivity index (χ1) is 9.95. The standard InChI is InChI=1S/C16H24N2O3/c1-12(11-17)18(3)16(20)8-5-9-21-15-7-4-6-14(10-15)13(2)19/h4,6-7,10,12H,5,8-9,11,17H2,1-3H3. The Morgan fingerprint density at radius 3 is 2.71 bits per heavy atom. The molecule has 5 nitrogen and oxygen atoms in total. The number of amides is 1. The van der Waals surface area contributed by atoms with Crippen LogP contribution in [0.1, 0.15) is 37.0 Å². The number of hydrogen-bond acceptors (Lipinski definition) is 4. The summed E-state index contributed by atoms with van der Waals surface area (Å²) in [5, 5.41) is 0. The first-order valence-electron chi connectivity index (χ1n) is 7.15. The van der Waals surface area contributed by atoms with Gasteiger partial charge in [-0.15, -0.1) is 0 Å². The van der Waals surface area contributed by atoms with Crippen molar-refractivity contribution in [2.75, 3.05) is 20.2 Å². The number of ether oxygens (including phenoxy) is 1. The minimum absolute atomic E-state index is 0.00743. The number of rotatable bonds is 8. The minimum Gasteiger partial charge on any atom is -0.494 e. The van der Waals surface area contributed by atoms with Gasteiger partial charge in [0.15, 0.2) is 5.78 Å². The predicted molar refractivity (Wildman–Crippen MR) is 82.5 cm³/mol. The number of ketones is 1. The van der Waals surface area contributed by atoms with Gasteiger partial charge in [0, 0.05) is 31.6 Å². The largest absolute Gasteiger partial charge is 0.494 e. The van der Waals surface area contributed by atoms with Gasteiger partial charge < -0.3 is 15.4 Å². The van der Waals surface area contributed by atoms with Crippen LogP contribution >= 0.6 is 0 Å². The van der Waals surface area contributed by atoms with E-state index in [1.54, 1.807) is 36.2 Å². The maximum Gasteiger partial charge on any atom is 0.222 e. The molecule has 0 spiro atoms. The number of hydrogen-bond donors (Lipinski definition) is 1. The van der Waals surface area contributed by atoms with E-state index >= 15 is 0 Å². The predicted octanol–water partition coefficient (Wildman–Crippen LogP) is 1.85. The Morgan fingerprint density at radius 1 is 1.38 bits per heavy atom. The van der Waals surface area contributed by atoms with Gasteiger partial charge in [-0.3, -0.25) is 9.59 Å². The average Bonchev–Trinajstić information content (AvgIpc) is 2.50. The van der Waals surface area contributed by atoms with Crippen molar-refractivity contribution < 1.29 is 14.3 Å². The van der Waals surface area contributed by atoms with Crippen LogP contribution in [0.3, 0.4) is 0 Å². The van der Waals surface area contributed by atoms with Crippen LogP contribution in [-0.4, -0.2) is 42.8 Å². The summed E-state index contributed by atoms with van der Waals surface area (Å²) in [5.41, 5.74) is 6.16. The van der Waals surface area contributed by atoms with Gasteiger partial charge in [-0.1, -0.05) is 12.1 Å². The zero-order chi connectivity index (χ0) is 15.8. The van der Waals surface area contributed by atoms with Crippen molar-refractivity contribution in [3.8, 4) is 5.75 Å². The smallest absolute Gasteiger partial charge is 0.222 e. The maximum atomic E-state index is 11.9. The summed E-state index contributed by atoms with van der Waals surface area (Å²) < 4.78 is 5.57. The Balaban J connectivity index is 2.36. The molecule has 21 heavy (non-hydrogen) atoms. The number of carbonyl (C=O) groups excluding carboxylic acids is 2. The van der Waals surface area contributed by atoms with E-state index in [0.717, 1.165) is 0 Å². The molecule has 0 aromatic heterocycles. The summed E-state index contributed by atoms with van der Waals surface area (Å²) >= 11 is 0. The lowest BCUT2D eigenvalue weighted by atomic mass is 10.1. The minimum atomic E-state index is 0.00743. The highest BCUT2D eigenvalue weighted by molar-refractivity contribution is 5.94. The van der Waals surface area contributed by atoms with E-state index in [2.05, 4.69) is 0 Å². The number of carbonyl (C=O) groups is 2. The molecule has 0 radical (unpaired) electrons. The summed E-state index contributed by atoms with van der Waals surface area (Å²) in [4.78, 5) is 24.8. The van der Waals surface area contributed by atoms with Gasteiger partial charge in [-0.25, -0.2) is 0 Å². The van der Waals surface area contributed by atoms with Crippen molar-refractivity contribution in [1.82, 2.24) is 4.90 Å². The number of benzene rings is 1. The lowest BCUT2D eigenvalue weighted by Crippen LogP contribution is -2.39. The Labute approximate surface area is 126 Å². The summed E-state index contributed by atoms with van der Waals surface area (Å²) in [6, 6.07) is 7.10. The normalized spacial score (nSPS) is 11.8. The molecule has 1 unspecified atom stereocenters. The van der Waals surface area contributed by atoms with Gasteiger partial charge in [-0.05, 0) is 32.4 Å². The van der Waals surface area contributed by atoms with E-state index in [-0.39, 0.29) is 17.7 Å². The quantitative estimate of drug-likeness (QED) is 0.586. The third-order valence-electron chi connectivity index (χ3n) is 3.44. The highest BCUT2D eigenvalue weighted by atomic mass is 16.5. The summed E-state index contributed by atoms with van der Waals surface area (Å²) in [6.45, 7) is 4.34. The van der Waals surface area contributed by atoms with E-state index in [1.165, 1.54) is 6.92 Å². The van der Waals surface area contributed by atoms with Crippen molar-refractivity contribution in [3.63, 3.8) is 0 Å². The van der Waals surface area contributed by atoms with E-state index in [9.17, 15) is 9.59 Å². The van der Waals surface area contributed by atoms with Gasteiger partial charge >= 0.3 is 0 Å². The lowest BCUT2D eigenvalue weighted by Gasteiger charge is -2.23. The van der Waals surface area contributed by atoms with Gasteiger partial charge in [0.25, 0.3) is 0 Å². The molecule has 1 amide bonds. The fraction of sp³-hybridized carbons (Fsp3) is 0.500. The summed E-state index contributed by atoms with van der Waals surface area (Å²) in [6.07, 6.45) is 1.05. The van der Waals surface area contributed by atoms with Crippen molar-refractivity contribution in [1.29, 1.82) is 0 Å². The van der Waals surface area contributed by atoms with E-state index in [4.69, 9.17) is 10.5 Å². The van der Waals surface area contributed by atoms with Gasteiger partial charge in [0.2, 0.25) is 5.91 Å². The van der Waals surface area contributed by atoms with Crippen LogP contribution < -0.4 is 10.5 Å². The molecule has 116 valence electrons. The van der Waals surface area contributed by atoms with E-state index in [1.807, 2.05) is 6.92 Å². The molecule has 0 fully saturated rings. The number of nitrogens with zero attached hydrogens (tertiary/aromatic N) is 1. The van der Waals surface area contributed by atoms with E-state index < -0.39 is 0 Å². The molecule has 0 saturated heterocycles. The zero-order valence-corrected chi connectivity index (χ0v) is 13.0. The Morgan fingerprint density at radius 2 is 2.10 bits per heavy atom. The van der Waals surface area contributed by atoms with Crippen LogP contribution in [0.5, 0.6) is 5.75 Å². The molecular weight excluding hydrogens is 268 g/mol. The highest BCUT2D eigenvalue weighted by Crippen LogP contribution is 2.14.